The summed E-state index contributed by atoms with van der Waals surface area (Å²) in [6, 6.07) is 16.0. The number of rotatable bonds is 3. The zero-order chi connectivity index (χ0) is 14.8. The molecule has 0 unspecified atom stereocenters. The Kier molecular flexibility index (Phi) is 3.80. The highest BCUT2D eigenvalue weighted by Gasteiger charge is 2.06. The van der Waals surface area contributed by atoms with E-state index in [-0.39, 0.29) is 0 Å². The summed E-state index contributed by atoms with van der Waals surface area (Å²) >= 11 is 3.49. The molecule has 21 heavy (non-hydrogen) atoms. The van der Waals surface area contributed by atoms with Crippen LogP contribution in [-0.4, -0.2) is 12.1 Å². The molecule has 0 fully saturated rings. The highest BCUT2D eigenvalue weighted by atomic mass is 79.9. The van der Waals surface area contributed by atoms with Crippen LogP contribution in [0.5, 0.6) is 5.75 Å². The predicted octanol–water partition coefficient (Wildman–Crippen LogP) is 5.06. The first kappa shape index (κ1) is 13.9. The van der Waals surface area contributed by atoms with Crippen molar-refractivity contribution in [2.24, 2.45) is 0 Å². The first-order valence-corrected chi connectivity index (χ1v) is 7.43. The molecule has 0 aliphatic rings. The summed E-state index contributed by atoms with van der Waals surface area (Å²) in [4.78, 5) is 4.57. The van der Waals surface area contributed by atoms with E-state index in [0.29, 0.717) is 0 Å². The van der Waals surface area contributed by atoms with E-state index in [1.165, 1.54) is 0 Å². The van der Waals surface area contributed by atoms with Gasteiger partial charge in [-0.25, -0.2) is 0 Å². The van der Waals surface area contributed by atoms with Crippen LogP contribution in [-0.2, 0) is 0 Å². The minimum atomic E-state index is 0.824. The number of aryl methyl sites for hydroxylation is 1. The molecule has 1 N–H and O–H groups in total. The second kappa shape index (κ2) is 5.74. The van der Waals surface area contributed by atoms with Gasteiger partial charge in [-0.2, -0.15) is 0 Å². The van der Waals surface area contributed by atoms with Gasteiger partial charge >= 0.3 is 0 Å². The smallest absolute Gasteiger partial charge is 0.119 e. The molecule has 0 saturated carbocycles. The number of pyridine rings is 1. The van der Waals surface area contributed by atoms with Crippen LogP contribution in [0.2, 0.25) is 0 Å². The van der Waals surface area contributed by atoms with E-state index in [9.17, 15) is 0 Å². The summed E-state index contributed by atoms with van der Waals surface area (Å²) in [5.74, 6) is 0.824. The van der Waals surface area contributed by atoms with Crippen LogP contribution >= 0.6 is 15.9 Å². The fourth-order valence-corrected chi connectivity index (χ4v) is 2.69. The number of anilines is 2. The Bertz CT molecular complexity index is 802. The number of methoxy groups -OCH3 is 1. The Hall–Kier alpha value is -2.07. The van der Waals surface area contributed by atoms with Crippen molar-refractivity contribution in [2.45, 2.75) is 6.92 Å². The molecule has 3 rings (SSSR count). The molecule has 0 aliphatic carbocycles. The van der Waals surface area contributed by atoms with Crippen molar-refractivity contribution in [3.8, 4) is 5.75 Å². The molecule has 0 amide bonds. The topological polar surface area (TPSA) is 34.1 Å². The molecule has 3 aromatic rings. The third-order valence-corrected chi connectivity index (χ3v) is 3.74. The van der Waals surface area contributed by atoms with Gasteiger partial charge in [0, 0.05) is 26.9 Å². The SMILES string of the molecule is COc1ccc2nc(C)cc(Nc3cccc(Br)c3)c2c1. The largest absolute Gasteiger partial charge is 0.497 e. The molecule has 106 valence electrons. The number of aromatic nitrogens is 1. The normalized spacial score (nSPS) is 10.6. The number of benzene rings is 2. The molecule has 0 saturated heterocycles. The second-order valence-electron chi connectivity index (χ2n) is 4.83. The molecule has 0 aliphatic heterocycles. The lowest BCUT2D eigenvalue weighted by atomic mass is 10.1. The van der Waals surface area contributed by atoms with Crippen LogP contribution in [0.4, 0.5) is 11.4 Å². The van der Waals surface area contributed by atoms with Crippen LogP contribution in [0.25, 0.3) is 10.9 Å². The Morgan fingerprint density at radius 2 is 1.95 bits per heavy atom. The van der Waals surface area contributed by atoms with E-state index < -0.39 is 0 Å². The lowest BCUT2D eigenvalue weighted by molar-refractivity contribution is 0.415. The minimum Gasteiger partial charge on any atom is -0.497 e. The van der Waals surface area contributed by atoms with E-state index in [4.69, 9.17) is 4.74 Å². The van der Waals surface area contributed by atoms with Crippen molar-refractivity contribution in [3.63, 3.8) is 0 Å². The number of nitrogens with one attached hydrogen (secondary N) is 1. The maximum atomic E-state index is 5.31. The molecule has 1 heterocycles. The molecule has 0 radical (unpaired) electrons. The van der Waals surface area contributed by atoms with Gasteiger partial charge in [0.25, 0.3) is 0 Å². The predicted molar refractivity (Wildman–Crippen MR) is 90.5 cm³/mol. The second-order valence-corrected chi connectivity index (χ2v) is 5.75. The van der Waals surface area contributed by atoms with Gasteiger partial charge in [0.1, 0.15) is 5.75 Å². The van der Waals surface area contributed by atoms with Crippen molar-refractivity contribution < 1.29 is 4.74 Å². The monoisotopic (exact) mass is 342 g/mol. The first-order valence-electron chi connectivity index (χ1n) is 6.64. The molecule has 1 aromatic heterocycles. The van der Waals surface area contributed by atoms with Crippen molar-refractivity contribution in [2.75, 3.05) is 12.4 Å². The van der Waals surface area contributed by atoms with Crippen molar-refractivity contribution in [1.82, 2.24) is 4.98 Å². The van der Waals surface area contributed by atoms with Crippen molar-refractivity contribution >= 4 is 38.2 Å². The Balaban J connectivity index is 2.11. The van der Waals surface area contributed by atoms with Crippen LogP contribution in [0.1, 0.15) is 5.69 Å². The lowest BCUT2D eigenvalue weighted by Crippen LogP contribution is -1.95. The standard InChI is InChI=1S/C17H15BrN2O/c1-11-8-17(20-13-5-3-4-12(18)9-13)15-10-14(21-2)6-7-16(15)19-11/h3-10H,1-2H3,(H,19,20). The minimum absolute atomic E-state index is 0.824. The quantitative estimate of drug-likeness (QED) is 0.722. The number of fused-ring (bicyclic) bond motifs is 1. The molecule has 2 aromatic carbocycles. The summed E-state index contributed by atoms with van der Waals surface area (Å²) in [5, 5.41) is 4.50. The zero-order valence-electron chi connectivity index (χ0n) is 11.9. The van der Waals surface area contributed by atoms with Gasteiger partial charge in [-0.1, -0.05) is 22.0 Å². The van der Waals surface area contributed by atoms with E-state index >= 15 is 0 Å². The summed E-state index contributed by atoms with van der Waals surface area (Å²) in [7, 11) is 1.67. The van der Waals surface area contributed by atoms with Gasteiger partial charge in [-0.05, 0) is 49.4 Å². The van der Waals surface area contributed by atoms with Crippen LogP contribution < -0.4 is 10.1 Å². The van der Waals surface area contributed by atoms with Gasteiger partial charge in [0.2, 0.25) is 0 Å². The van der Waals surface area contributed by atoms with E-state index in [1.807, 2.05) is 55.5 Å². The van der Waals surface area contributed by atoms with Gasteiger partial charge in [0.05, 0.1) is 12.6 Å². The molecule has 0 bridgehead atoms. The first-order chi connectivity index (χ1) is 10.2. The molecule has 0 atom stereocenters. The lowest BCUT2D eigenvalue weighted by Gasteiger charge is -2.12. The van der Waals surface area contributed by atoms with Crippen LogP contribution in [0.3, 0.4) is 0 Å². The maximum absolute atomic E-state index is 5.31. The third kappa shape index (κ3) is 3.00. The van der Waals surface area contributed by atoms with Crippen molar-refractivity contribution in [1.29, 1.82) is 0 Å². The highest BCUT2D eigenvalue weighted by molar-refractivity contribution is 9.10. The van der Waals surface area contributed by atoms with Crippen molar-refractivity contribution in [3.05, 3.63) is 58.7 Å². The summed E-state index contributed by atoms with van der Waals surface area (Å²) < 4.78 is 6.36. The van der Waals surface area contributed by atoms with Gasteiger partial charge in [0.15, 0.2) is 0 Å². The van der Waals surface area contributed by atoms with Crippen LogP contribution in [0.15, 0.2) is 53.0 Å². The molecular weight excluding hydrogens is 328 g/mol. The maximum Gasteiger partial charge on any atom is 0.119 e. The Labute approximate surface area is 132 Å². The fourth-order valence-electron chi connectivity index (χ4n) is 2.29. The van der Waals surface area contributed by atoms with Gasteiger partial charge in [-0.15, -0.1) is 0 Å². The molecule has 3 nitrogen and oxygen atoms in total. The number of hydrogen-bond donors (Lipinski definition) is 1. The number of hydrogen-bond acceptors (Lipinski definition) is 3. The zero-order valence-corrected chi connectivity index (χ0v) is 13.4. The fraction of sp³-hybridized carbons (Fsp3) is 0.118. The summed E-state index contributed by atoms with van der Waals surface area (Å²) in [6.07, 6.45) is 0. The molecule has 0 spiro atoms. The van der Waals surface area contributed by atoms with Gasteiger partial charge in [-0.3, -0.25) is 4.98 Å². The van der Waals surface area contributed by atoms with Gasteiger partial charge < -0.3 is 10.1 Å². The average molecular weight is 343 g/mol. The number of ether oxygens (including phenoxy) is 1. The highest BCUT2D eigenvalue weighted by Crippen LogP contribution is 2.30. The summed E-state index contributed by atoms with van der Waals surface area (Å²) in [5.41, 5.74) is 3.98. The Morgan fingerprint density at radius 3 is 2.71 bits per heavy atom. The Morgan fingerprint density at radius 1 is 1.10 bits per heavy atom. The number of halogens is 1. The molecule has 4 heteroatoms. The van der Waals surface area contributed by atoms with Crippen LogP contribution in [0, 0.1) is 6.92 Å². The van der Waals surface area contributed by atoms with E-state index in [0.717, 1.165) is 38.2 Å². The number of nitrogens with zero attached hydrogens (tertiary/aromatic N) is 1. The summed E-state index contributed by atoms with van der Waals surface area (Å²) in [6.45, 7) is 2.00. The molecular formula is C17H15BrN2O. The van der Waals surface area contributed by atoms with E-state index in [2.05, 4.69) is 26.2 Å². The average Bonchev–Trinajstić information content (AvgIpc) is 2.47. The van der Waals surface area contributed by atoms with E-state index in [1.54, 1.807) is 7.11 Å². The third-order valence-electron chi connectivity index (χ3n) is 3.25.